The first-order valence-electron chi connectivity index (χ1n) is 10.1. The number of carbonyl (C=O) groups excluding carboxylic acids is 2. The van der Waals surface area contributed by atoms with Crippen LogP contribution in [0.2, 0.25) is 0 Å². The van der Waals surface area contributed by atoms with Crippen LogP contribution in [0.5, 0.6) is 0 Å². The van der Waals surface area contributed by atoms with Crippen LogP contribution >= 0.6 is 0 Å². The van der Waals surface area contributed by atoms with Gasteiger partial charge in [-0.15, -0.1) is 0 Å². The van der Waals surface area contributed by atoms with Crippen molar-refractivity contribution >= 4 is 17.5 Å². The number of benzene rings is 2. The molecule has 170 valence electrons. The average Bonchev–Trinajstić information content (AvgIpc) is 3.57. The van der Waals surface area contributed by atoms with Crippen molar-refractivity contribution < 1.29 is 22.8 Å². The molecule has 1 heterocycles. The molecule has 0 unspecified atom stereocenters. The highest BCUT2D eigenvalue weighted by Crippen LogP contribution is 2.30. The van der Waals surface area contributed by atoms with Gasteiger partial charge in [0.1, 0.15) is 0 Å². The number of amides is 2. The minimum Gasteiger partial charge on any atom is -0.349 e. The largest absolute Gasteiger partial charge is 0.416 e. The molecular formula is C23H19F3N4O3. The van der Waals surface area contributed by atoms with E-state index in [-0.39, 0.29) is 23.3 Å². The molecule has 7 nitrogen and oxygen atoms in total. The summed E-state index contributed by atoms with van der Waals surface area (Å²) in [4.78, 5) is 37.1. The number of halogens is 3. The number of hydrogen-bond acceptors (Lipinski definition) is 4. The van der Waals surface area contributed by atoms with Crippen LogP contribution < -0.4 is 16.1 Å². The van der Waals surface area contributed by atoms with Crippen LogP contribution in [0, 0.1) is 6.92 Å². The van der Waals surface area contributed by atoms with Crippen molar-refractivity contribution in [2.45, 2.75) is 32.0 Å². The highest BCUT2D eigenvalue weighted by atomic mass is 19.4. The summed E-state index contributed by atoms with van der Waals surface area (Å²) in [5.74, 6) is -1.03. The van der Waals surface area contributed by atoms with Crippen molar-refractivity contribution in [3.63, 3.8) is 0 Å². The molecule has 0 atom stereocenters. The molecule has 1 aliphatic carbocycles. The highest BCUT2D eigenvalue weighted by Gasteiger charge is 2.30. The molecule has 0 bridgehead atoms. The Kier molecular flexibility index (Phi) is 5.75. The lowest BCUT2D eigenvalue weighted by molar-refractivity contribution is -0.137. The number of nitrogens with zero attached hydrogens (tertiary/aromatic N) is 2. The molecule has 4 rings (SSSR count). The van der Waals surface area contributed by atoms with Gasteiger partial charge in [0.05, 0.1) is 11.3 Å². The maximum atomic E-state index is 13.1. The second-order valence-corrected chi connectivity index (χ2v) is 7.74. The summed E-state index contributed by atoms with van der Waals surface area (Å²) < 4.78 is 40.3. The van der Waals surface area contributed by atoms with Gasteiger partial charge in [-0.2, -0.15) is 18.3 Å². The van der Waals surface area contributed by atoms with E-state index in [2.05, 4.69) is 15.7 Å². The normalized spacial score (nSPS) is 13.5. The van der Waals surface area contributed by atoms with Crippen LogP contribution in [-0.4, -0.2) is 27.6 Å². The lowest BCUT2D eigenvalue weighted by Gasteiger charge is -2.13. The summed E-state index contributed by atoms with van der Waals surface area (Å²) in [6.07, 6.45) is -2.63. The van der Waals surface area contributed by atoms with Crippen LogP contribution in [0.1, 0.15) is 44.9 Å². The highest BCUT2D eigenvalue weighted by molar-refractivity contribution is 6.03. The maximum Gasteiger partial charge on any atom is 0.416 e. The van der Waals surface area contributed by atoms with E-state index in [0.29, 0.717) is 11.3 Å². The fourth-order valence-electron chi connectivity index (χ4n) is 3.17. The number of nitrogens with one attached hydrogen (secondary N) is 2. The summed E-state index contributed by atoms with van der Waals surface area (Å²) >= 11 is 0. The molecule has 1 aromatic heterocycles. The van der Waals surface area contributed by atoms with Crippen molar-refractivity contribution in [3.05, 3.63) is 87.3 Å². The fourth-order valence-corrected chi connectivity index (χ4v) is 3.17. The number of rotatable bonds is 5. The topological polar surface area (TPSA) is 93.1 Å². The van der Waals surface area contributed by atoms with E-state index in [9.17, 15) is 27.6 Å². The third-order valence-electron chi connectivity index (χ3n) is 5.06. The minimum absolute atomic E-state index is 0.0578. The molecule has 0 radical (unpaired) electrons. The quantitative estimate of drug-likeness (QED) is 0.612. The third-order valence-corrected chi connectivity index (χ3v) is 5.06. The molecule has 10 heteroatoms. The number of aryl methyl sites for hydroxylation is 1. The van der Waals surface area contributed by atoms with Crippen LogP contribution in [0.15, 0.2) is 59.4 Å². The Balaban J connectivity index is 1.57. The average molecular weight is 456 g/mol. The Bertz CT molecular complexity index is 1280. The van der Waals surface area contributed by atoms with E-state index in [4.69, 9.17) is 0 Å². The minimum atomic E-state index is -4.55. The van der Waals surface area contributed by atoms with Gasteiger partial charge in [-0.3, -0.25) is 14.4 Å². The molecule has 2 N–H and O–H groups in total. The van der Waals surface area contributed by atoms with E-state index in [0.717, 1.165) is 35.7 Å². The van der Waals surface area contributed by atoms with E-state index in [1.165, 1.54) is 43.3 Å². The van der Waals surface area contributed by atoms with Crippen molar-refractivity contribution in [1.82, 2.24) is 15.1 Å². The first kappa shape index (κ1) is 22.3. The van der Waals surface area contributed by atoms with Crippen LogP contribution in [0.4, 0.5) is 18.9 Å². The SMILES string of the molecule is Cc1cc(=O)c(C(=O)Nc2ccc(C(=O)NC3CC3)cc2)nn1-c1cccc(C(F)(F)F)c1. The van der Waals surface area contributed by atoms with E-state index < -0.39 is 28.8 Å². The van der Waals surface area contributed by atoms with E-state index in [1.807, 2.05) is 0 Å². The number of hydrogen-bond donors (Lipinski definition) is 2. The van der Waals surface area contributed by atoms with E-state index >= 15 is 0 Å². The first-order chi connectivity index (χ1) is 15.6. The van der Waals surface area contributed by atoms with Gasteiger partial charge >= 0.3 is 6.18 Å². The molecule has 0 saturated heterocycles. The number of anilines is 1. The van der Waals surface area contributed by atoms with E-state index in [1.54, 1.807) is 0 Å². The van der Waals surface area contributed by atoms with Crippen molar-refractivity contribution in [3.8, 4) is 5.69 Å². The number of aromatic nitrogens is 2. The van der Waals surface area contributed by atoms with Crippen LogP contribution in [0.25, 0.3) is 5.69 Å². The Morgan fingerprint density at radius 3 is 2.36 bits per heavy atom. The van der Waals surface area contributed by atoms with Gasteiger partial charge in [0.2, 0.25) is 5.43 Å². The molecule has 0 aliphatic heterocycles. The lowest BCUT2D eigenvalue weighted by atomic mass is 10.2. The Labute approximate surface area is 186 Å². The Hall–Kier alpha value is -3.95. The zero-order valence-electron chi connectivity index (χ0n) is 17.4. The predicted molar refractivity (Wildman–Crippen MR) is 114 cm³/mol. The number of alkyl halides is 3. The third kappa shape index (κ3) is 5.11. The second kappa shape index (κ2) is 8.53. The summed E-state index contributed by atoms with van der Waals surface area (Å²) in [6.45, 7) is 1.50. The van der Waals surface area contributed by atoms with Gasteiger partial charge in [-0.1, -0.05) is 6.07 Å². The van der Waals surface area contributed by atoms with Gasteiger partial charge in [0.25, 0.3) is 11.8 Å². The van der Waals surface area contributed by atoms with Crippen molar-refractivity contribution in [2.75, 3.05) is 5.32 Å². The zero-order chi connectivity index (χ0) is 23.8. The molecule has 1 fully saturated rings. The van der Waals surface area contributed by atoms with Crippen molar-refractivity contribution in [2.24, 2.45) is 0 Å². The molecule has 1 saturated carbocycles. The van der Waals surface area contributed by atoms with Crippen LogP contribution in [-0.2, 0) is 6.18 Å². The van der Waals surface area contributed by atoms with Gasteiger partial charge < -0.3 is 10.6 Å². The maximum absolute atomic E-state index is 13.1. The summed E-state index contributed by atoms with van der Waals surface area (Å²) in [6, 6.07) is 11.9. The Morgan fingerprint density at radius 1 is 1.03 bits per heavy atom. The second-order valence-electron chi connectivity index (χ2n) is 7.74. The van der Waals surface area contributed by atoms with Gasteiger partial charge in [-0.25, -0.2) is 4.68 Å². The molecule has 3 aromatic rings. The first-order valence-corrected chi connectivity index (χ1v) is 10.1. The van der Waals surface area contributed by atoms with Gasteiger partial charge in [0, 0.05) is 29.1 Å². The molecular weight excluding hydrogens is 437 g/mol. The summed E-state index contributed by atoms with van der Waals surface area (Å²) in [5.41, 5.74) is -0.945. The predicted octanol–water partition coefficient (Wildman–Crippen LogP) is 3.70. The monoisotopic (exact) mass is 456 g/mol. The van der Waals surface area contributed by atoms with Gasteiger partial charge in [0.15, 0.2) is 5.69 Å². The molecule has 1 aliphatic rings. The summed E-state index contributed by atoms with van der Waals surface area (Å²) in [7, 11) is 0. The van der Waals surface area contributed by atoms with Crippen molar-refractivity contribution in [1.29, 1.82) is 0 Å². The standard InChI is InChI=1S/C23H19F3N4O3/c1-13-11-19(31)20(29-30(13)18-4-2-3-15(12-18)23(24,25)26)22(33)28-16-7-5-14(6-8-16)21(32)27-17-9-10-17/h2-8,11-12,17H,9-10H2,1H3,(H,27,32)(H,28,33). The molecule has 33 heavy (non-hydrogen) atoms. The Morgan fingerprint density at radius 2 is 1.73 bits per heavy atom. The van der Waals surface area contributed by atoms with Crippen LogP contribution in [0.3, 0.4) is 0 Å². The number of carbonyl (C=O) groups is 2. The molecule has 0 spiro atoms. The molecule has 2 amide bonds. The molecule has 2 aromatic carbocycles. The summed E-state index contributed by atoms with van der Waals surface area (Å²) in [5, 5.41) is 9.39. The zero-order valence-corrected chi connectivity index (χ0v) is 17.4. The lowest BCUT2D eigenvalue weighted by Crippen LogP contribution is -2.27. The van der Waals surface area contributed by atoms with Gasteiger partial charge in [-0.05, 0) is 62.2 Å². The fraction of sp³-hybridized carbons (Fsp3) is 0.217. The smallest absolute Gasteiger partial charge is 0.349 e.